The zero-order chi connectivity index (χ0) is 15.6. The van der Waals surface area contributed by atoms with E-state index in [4.69, 9.17) is 4.74 Å². The first kappa shape index (κ1) is 15.7. The average Bonchev–Trinajstić information content (AvgIpc) is 2.67. The van der Waals surface area contributed by atoms with Crippen molar-refractivity contribution in [3.63, 3.8) is 0 Å². The fourth-order valence-electron chi connectivity index (χ4n) is 2.37. The molecular formula is C15H26N4O2. The van der Waals surface area contributed by atoms with Crippen LogP contribution in [0.1, 0.15) is 39.3 Å². The quantitative estimate of drug-likeness (QED) is 0.910. The summed E-state index contributed by atoms with van der Waals surface area (Å²) in [5, 5.41) is 7.85. The molecule has 0 aliphatic carbocycles. The van der Waals surface area contributed by atoms with Gasteiger partial charge in [-0.1, -0.05) is 0 Å². The van der Waals surface area contributed by atoms with Crippen molar-refractivity contribution in [2.75, 3.05) is 18.4 Å². The first-order chi connectivity index (χ1) is 9.74. The highest BCUT2D eigenvalue weighted by Gasteiger charge is 2.27. The number of rotatable bonds is 2. The summed E-state index contributed by atoms with van der Waals surface area (Å²) >= 11 is 0. The minimum Gasteiger partial charge on any atom is -0.444 e. The molecular weight excluding hydrogens is 268 g/mol. The number of ether oxygens (including phenoxy) is 1. The van der Waals surface area contributed by atoms with Crippen molar-refractivity contribution in [1.82, 2.24) is 14.7 Å². The number of nitrogens with zero attached hydrogens (tertiary/aromatic N) is 3. The molecule has 0 saturated carbocycles. The van der Waals surface area contributed by atoms with E-state index in [1.165, 1.54) is 0 Å². The normalized spacial score (nSPS) is 16.9. The second-order valence-corrected chi connectivity index (χ2v) is 6.68. The van der Waals surface area contributed by atoms with Crippen LogP contribution < -0.4 is 5.32 Å². The fraction of sp³-hybridized carbons (Fsp3) is 0.733. The van der Waals surface area contributed by atoms with Crippen LogP contribution in [-0.2, 0) is 11.8 Å². The number of carbonyl (C=O) groups excluding carboxylic acids is 1. The summed E-state index contributed by atoms with van der Waals surface area (Å²) in [7, 11) is 1.94. The van der Waals surface area contributed by atoms with Gasteiger partial charge in [0.1, 0.15) is 11.4 Å². The lowest BCUT2D eigenvalue weighted by Crippen LogP contribution is -2.44. The van der Waals surface area contributed by atoms with Crippen molar-refractivity contribution >= 4 is 11.9 Å². The molecule has 21 heavy (non-hydrogen) atoms. The Morgan fingerprint density at radius 3 is 2.48 bits per heavy atom. The number of likely N-dealkylation sites (tertiary alicyclic amines) is 1. The summed E-state index contributed by atoms with van der Waals surface area (Å²) in [5.74, 6) is 0.908. The van der Waals surface area contributed by atoms with Crippen molar-refractivity contribution in [3.8, 4) is 0 Å². The van der Waals surface area contributed by atoms with Gasteiger partial charge in [0.2, 0.25) is 0 Å². The van der Waals surface area contributed by atoms with Gasteiger partial charge in [-0.25, -0.2) is 4.79 Å². The van der Waals surface area contributed by atoms with Crippen LogP contribution in [0.4, 0.5) is 10.6 Å². The molecule has 6 heteroatoms. The van der Waals surface area contributed by atoms with Gasteiger partial charge in [0.15, 0.2) is 0 Å². The zero-order valence-corrected chi connectivity index (χ0v) is 13.6. The summed E-state index contributed by atoms with van der Waals surface area (Å²) < 4.78 is 7.26. The number of hydrogen-bond donors (Lipinski definition) is 1. The standard InChI is InChI=1S/C15H26N4O2/c1-11-10-13(17-18(11)5)16-12-6-8-19(9-7-12)14(20)21-15(2,3)4/h10,12H,6-9H2,1-5H3,(H,16,17). The third kappa shape index (κ3) is 4.37. The molecule has 1 amide bonds. The highest BCUT2D eigenvalue weighted by molar-refractivity contribution is 5.68. The minimum atomic E-state index is -0.433. The summed E-state index contributed by atoms with van der Waals surface area (Å²) in [5.41, 5.74) is 0.696. The van der Waals surface area contributed by atoms with E-state index in [9.17, 15) is 4.79 Å². The highest BCUT2D eigenvalue weighted by Crippen LogP contribution is 2.18. The lowest BCUT2D eigenvalue weighted by atomic mass is 10.1. The SMILES string of the molecule is Cc1cc(NC2CCN(C(=O)OC(C)(C)C)CC2)nn1C. The van der Waals surface area contributed by atoms with E-state index >= 15 is 0 Å². The van der Waals surface area contributed by atoms with Crippen molar-refractivity contribution in [1.29, 1.82) is 0 Å². The number of hydrogen-bond acceptors (Lipinski definition) is 4. The Bertz CT molecular complexity index is 477. The second kappa shape index (κ2) is 5.95. The van der Waals surface area contributed by atoms with Crippen molar-refractivity contribution in [2.45, 2.75) is 52.2 Å². The van der Waals surface area contributed by atoms with Gasteiger partial charge >= 0.3 is 6.09 Å². The Labute approximate surface area is 126 Å². The molecule has 0 atom stereocenters. The highest BCUT2D eigenvalue weighted by atomic mass is 16.6. The monoisotopic (exact) mass is 294 g/mol. The Kier molecular flexibility index (Phi) is 4.44. The van der Waals surface area contributed by atoms with E-state index in [1.54, 1.807) is 4.90 Å². The topological polar surface area (TPSA) is 59.4 Å². The number of aromatic nitrogens is 2. The van der Waals surface area contributed by atoms with Gasteiger partial charge in [-0.3, -0.25) is 4.68 Å². The maximum Gasteiger partial charge on any atom is 0.410 e. The second-order valence-electron chi connectivity index (χ2n) is 6.68. The molecule has 1 fully saturated rings. The van der Waals surface area contributed by atoms with E-state index < -0.39 is 5.60 Å². The predicted molar refractivity (Wildman–Crippen MR) is 82.4 cm³/mol. The van der Waals surface area contributed by atoms with Crippen LogP contribution in [0.3, 0.4) is 0 Å². The van der Waals surface area contributed by atoms with Crippen molar-refractivity contribution in [2.24, 2.45) is 7.05 Å². The van der Waals surface area contributed by atoms with Gasteiger partial charge in [-0.05, 0) is 40.5 Å². The molecule has 0 bridgehead atoms. The first-order valence-electron chi connectivity index (χ1n) is 7.50. The molecule has 0 aromatic carbocycles. The summed E-state index contributed by atoms with van der Waals surface area (Å²) in [4.78, 5) is 13.8. The molecule has 0 spiro atoms. The van der Waals surface area contributed by atoms with Crippen molar-refractivity contribution < 1.29 is 9.53 Å². The van der Waals surface area contributed by atoms with Crippen molar-refractivity contribution in [3.05, 3.63) is 11.8 Å². The molecule has 118 valence electrons. The molecule has 1 aliphatic heterocycles. The Balaban J connectivity index is 1.82. The summed E-state index contributed by atoms with van der Waals surface area (Å²) in [6.45, 7) is 9.15. The number of anilines is 1. The number of piperidine rings is 1. The van der Waals surface area contributed by atoms with Gasteiger partial charge < -0.3 is 15.0 Å². The third-order valence-corrected chi connectivity index (χ3v) is 3.61. The third-order valence-electron chi connectivity index (χ3n) is 3.61. The maximum atomic E-state index is 12.0. The molecule has 2 rings (SSSR count). The van der Waals surface area contributed by atoms with Crippen LogP contribution in [0.25, 0.3) is 0 Å². The summed E-state index contributed by atoms with van der Waals surface area (Å²) in [6, 6.07) is 2.40. The molecule has 6 nitrogen and oxygen atoms in total. The lowest BCUT2D eigenvalue weighted by Gasteiger charge is -2.33. The molecule has 1 aromatic rings. The first-order valence-corrected chi connectivity index (χ1v) is 7.50. The van der Waals surface area contributed by atoms with Gasteiger partial charge in [-0.15, -0.1) is 0 Å². The van der Waals surface area contributed by atoms with E-state index in [0.29, 0.717) is 6.04 Å². The molecule has 0 unspecified atom stereocenters. The number of amides is 1. The molecule has 1 saturated heterocycles. The lowest BCUT2D eigenvalue weighted by molar-refractivity contribution is 0.0210. The van der Waals surface area contributed by atoms with Gasteiger partial charge in [0, 0.05) is 37.9 Å². The number of nitrogens with one attached hydrogen (secondary N) is 1. The van der Waals surface area contributed by atoms with E-state index in [2.05, 4.69) is 10.4 Å². The minimum absolute atomic E-state index is 0.213. The van der Waals surface area contributed by atoms with Crippen LogP contribution in [-0.4, -0.2) is 45.5 Å². The molecule has 1 aromatic heterocycles. The average molecular weight is 294 g/mol. The van der Waals surface area contributed by atoms with E-state index in [0.717, 1.165) is 37.4 Å². The van der Waals surface area contributed by atoms with Gasteiger partial charge in [-0.2, -0.15) is 5.10 Å². The number of aryl methyl sites for hydroxylation is 2. The maximum absolute atomic E-state index is 12.0. The van der Waals surface area contributed by atoms with Crippen LogP contribution >= 0.6 is 0 Å². The zero-order valence-electron chi connectivity index (χ0n) is 13.6. The van der Waals surface area contributed by atoms with E-state index in [1.807, 2.05) is 45.5 Å². The molecule has 2 heterocycles. The van der Waals surface area contributed by atoms with E-state index in [-0.39, 0.29) is 6.09 Å². The molecule has 0 radical (unpaired) electrons. The Hall–Kier alpha value is -1.72. The van der Waals surface area contributed by atoms with Crippen LogP contribution in [0.5, 0.6) is 0 Å². The smallest absolute Gasteiger partial charge is 0.410 e. The van der Waals surface area contributed by atoms with Crippen LogP contribution in [0, 0.1) is 6.92 Å². The predicted octanol–water partition coefficient (Wildman–Crippen LogP) is 2.54. The largest absolute Gasteiger partial charge is 0.444 e. The number of carbonyl (C=O) groups is 1. The van der Waals surface area contributed by atoms with Crippen LogP contribution in [0.15, 0.2) is 6.07 Å². The molecule has 1 N–H and O–H groups in total. The fourth-order valence-corrected chi connectivity index (χ4v) is 2.37. The van der Waals surface area contributed by atoms with Gasteiger partial charge in [0.25, 0.3) is 0 Å². The Morgan fingerprint density at radius 1 is 1.38 bits per heavy atom. The van der Waals surface area contributed by atoms with Crippen LogP contribution in [0.2, 0.25) is 0 Å². The van der Waals surface area contributed by atoms with Gasteiger partial charge in [0.05, 0.1) is 0 Å². The molecule has 1 aliphatic rings. The summed E-state index contributed by atoms with van der Waals surface area (Å²) in [6.07, 6.45) is 1.61. The Morgan fingerprint density at radius 2 is 2.00 bits per heavy atom.